The molecule has 4 rings (SSSR count). The van der Waals surface area contributed by atoms with Gasteiger partial charge in [-0.25, -0.2) is 4.79 Å². The molecule has 0 radical (unpaired) electrons. The zero-order valence-corrected chi connectivity index (χ0v) is 10.1. The minimum absolute atomic E-state index is 0.0279. The number of rotatable bonds is 0. The third-order valence-corrected chi connectivity index (χ3v) is 3.92. The molecule has 1 atom stereocenters. The number of fused-ring (bicyclic) bond motifs is 4. The van der Waals surface area contributed by atoms with Gasteiger partial charge in [-0.3, -0.25) is 4.79 Å². The highest BCUT2D eigenvalue weighted by Crippen LogP contribution is 2.49. The van der Waals surface area contributed by atoms with Gasteiger partial charge >= 0.3 is 5.97 Å². The van der Waals surface area contributed by atoms with Gasteiger partial charge in [-0.05, 0) is 6.07 Å². The Morgan fingerprint density at radius 2 is 1.42 bits per heavy atom. The fraction of sp³-hybridized carbons (Fsp3) is 0.125. The zero-order chi connectivity index (χ0) is 13.0. The van der Waals surface area contributed by atoms with Crippen LogP contribution >= 0.6 is 0 Å². The zero-order valence-electron chi connectivity index (χ0n) is 10.1. The Balaban J connectivity index is 2.05. The van der Waals surface area contributed by atoms with Gasteiger partial charge in [0.25, 0.3) is 0 Å². The summed E-state index contributed by atoms with van der Waals surface area (Å²) in [5.41, 5.74) is 1.93. The van der Waals surface area contributed by atoms with E-state index >= 15 is 0 Å². The summed E-state index contributed by atoms with van der Waals surface area (Å²) in [6.45, 7) is 0. The van der Waals surface area contributed by atoms with E-state index in [1.807, 2.05) is 36.4 Å². The lowest BCUT2D eigenvalue weighted by Crippen LogP contribution is -2.25. The molecule has 0 amide bonds. The molecule has 19 heavy (non-hydrogen) atoms. The SMILES string of the molecule is O=C1CC2(OC(=O)c3ccccc32)c2ccccc21. The highest BCUT2D eigenvalue weighted by atomic mass is 16.6. The van der Waals surface area contributed by atoms with E-state index in [4.69, 9.17) is 4.74 Å². The largest absolute Gasteiger partial charge is 0.445 e. The predicted molar refractivity (Wildman–Crippen MR) is 68.0 cm³/mol. The lowest BCUT2D eigenvalue weighted by Gasteiger charge is -2.23. The quantitative estimate of drug-likeness (QED) is 0.675. The van der Waals surface area contributed by atoms with Crippen molar-refractivity contribution in [2.75, 3.05) is 0 Å². The molecule has 2 aromatic rings. The van der Waals surface area contributed by atoms with Crippen molar-refractivity contribution in [2.24, 2.45) is 0 Å². The van der Waals surface area contributed by atoms with Crippen molar-refractivity contribution < 1.29 is 14.3 Å². The second kappa shape index (κ2) is 3.32. The van der Waals surface area contributed by atoms with Gasteiger partial charge in [0, 0.05) is 16.7 Å². The van der Waals surface area contributed by atoms with E-state index in [9.17, 15) is 9.59 Å². The number of ether oxygens (including phenoxy) is 1. The smallest absolute Gasteiger partial charge is 0.339 e. The molecule has 0 aromatic heterocycles. The third-order valence-electron chi connectivity index (χ3n) is 3.92. The number of Topliss-reactive ketones (excluding diaryl/α,β-unsaturated/α-hetero) is 1. The molecule has 0 saturated heterocycles. The lowest BCUT2D eigenvalue weighted by atomic mass is 9.87. The van der Waals surface area contributed by atoms with E-state index in [-0.39, 0.29) is 18.2 Å². The molecule has 1 spiro atoms. The fourth-order valence-electron chi connectivity index (χ4n) is 3.11. The topological polar surface area (TPSA) is 43.4 Å². The van der Waals surface area contributed by atoms with Gasteiger partial charge in [0.2, 0.25) is 0 Å². The van der Waals surface area contributed by atoms with Crippen LogP contribution in [0, 0.1) is 0 Å². The average Bonchev–Trinajstić information content (AvgIpc) is 2.88. The second-order valence-corrected chi connectivity index (χ2v) is 4.91. The van der Waals surface area contributed by atoms with Gasteiger partial charge in [-0.2, -0.15) is 0 Å². The van der Waals surface area contributed by atoms with Crippen LogP contribution in [0.4, 0.5) is 0 Å². The molecule has 1 heterocycles. The Hall–Kier alpha value is -2.42. The van der Waals surface area contributed by atoms with Gasteiger partial charge in [-0.1, -0.05) is 42.5 Å². The summed E-state index contributed by atoms with van der Waals surface area (Å²) < 4.78 is 5.62. The van der Waals surface area contributed by atoms with E-state index < -0.39 is 5.60 Å². The van der Waals surface area contributed by atoms with E-state index in [1.54, 1.807) is 12.1 Å². The van der Waals surface area contributed by atoms with Crippen LogP contribution in [0.1, 0.15) is 38.3 Å². The summed E-state index contributed by atoms with van der Waals surface area (Å²) in [5, 5.41) is 0. The van der Waals surface area contributed by atoms with E-state index in [0.717, 1.165) is 11.1 Å². The Bertz CT molecular complexity index is 667. The van der Waals surface area contributed by atoms with Crippen LogP contribution in [0.2, 0.25) is 0 Å². The summed E-state index contributed by atoms with van der Waals surface area (Å²) in [5.74, 6) is -0.319. The van der Waals surface area contributed by atoms with Crippen LogP contribution in [0.15, 0.2) is 48.5 Å². The third kappa shape index (κ3) is 1.17. The standard InChI is InChI=1S/C16H10O3/c17-14-9-16(12-7-3-1-5-10(12)14)13-8-4-2-6-11(13)15(18)19-16/h1-8H,9H2. The summed E-state index contributed by atoms with van der Waals surface area (Å²) in [6, 6.07) is 14.7. The first-order valence-electron chi connectivity index (χ1n) is 6.18. The summed E-state index contributed by atoms with van der Waals surface area (Å²) in [4.78, 5) is 24.2. The Morgan fingerprint density at radius 1 is 0.842 bits per heavy atom. The average molecular weight is 250 g/mol. The molecule has 0 fully saturated rings. The monoisotopic (exact) mass is 250 g/mol. The van der Waals surface area contributed by atoms with Crippen LogP contribution in [0.5, 0.6) is 0 Å². The van der Waals surface area contributed by atoms with Gasteiger partial charge in [0.1, 0.15) is 0 Å². The molecule has 1 aliphatic heterocycles. The van der Waals surface area contributed by atoms with Crippen LogP contribution in [-0.2, 0) is 10.3 Å². The Kier molecular flexibility index (Phi) is 1.83. The maximum Gasteiger partial charge on any atom is 0.339 e. The molecule has 0 bridgehead atoms. The second-order valence-electron chi connectivity index (χ2n) is 4.91. The van der Waals surface area contributed by atoms with Crippen LogP contribution in [0.25, 0.3) is 0 Å². The molecule has 3 heteroatoms. The first kappa shape index (κ1) is 10.5. The van der Waals surface area contributed by atoms with Gasteiger partial charge < -0.3 is 4.74 Å². The fourth-order valence-corrected chi connectivity index (χ4v) is 3.11. The number of ketones is 1. The highest BCUT2D eigenvalue weighted by molar-refractivity contribution is 6.05. The van der Waals surface area contributed by atoms with Gasteiger partial charge in [-0.15, -0.1) is 0 Å². The van der Waals surface area contributed by atoms with Crippen LogP contribution < -0.4 is 0 Å². The summed E-state index contributed by atoms with van der Waals surface area (Å²) in [6.07, 6.45) is 0.203. The van der Waals surface area contributed by atoms with Gasteiger partial charge in [0.15, 0.2) is 11.4 Å². The number of carbonyl (C=O) groups is 2. The van der Waals surface area contributed by atoms with Crippen LogP contribution in [0.3, 0.4) is 0 Å². The van der Waals surface area contributed by atoms with Crippen molar-refractivity contribution in [1.82, 2.24) is 0 Å². The van der Waals surface area contributed by atoms with Crippen molar-refractivity contribution in [2.45, 2.75) is 12.0 Å². The molecule has 0 saturated carbocycles. The van der Waals surface area contributed by atoms with E-state index in [2.05, 4.69) is 0 Å². The number of hydrogen-bond acceptors (Lipinski definition) is 3. The normalized spacial score (nSPS) is 23.4. The molecule has 1 aliphatic carbocycles. The van der Waals surface area contributed by atoms with E-state index in [0.29, 0.717) is 11.1 Å². The molecule has 0 N–H and O–H groups in total. The maximum atomic E-state index is 12.2. The van der Waals surface area contributed by atoms with Crippen LogP contribution in [-0.4, -0.2) is 11.8 Å². The molecular formula is C16H10O3. The Morgan fingerprint density at radius 3 is 2.16 bits per heavy atom. The lowest BCUT2D eigenvalue weighted by molar-refractivity contribution is 0.0124. The van der Waals surface area contributed by atoms with Gasteiger partial charge in [0.05, 0.1) is 12.0 Å². The molecule has 2 aromatic carbocycles. The van der Waals surface area contributed by atoms with Crippen molar-refractivity contribution in [3.05, 3.63) is 70.8 Å². The summed E-state index contributed by atoms with van der Waals surface area (Å²) in [7, 11) is 0. The van der Waals surface area contributed by atoms with Crippen molar-refractivity contribution >= 4 is 11.8 Å². The molecule has 1 unspecified atom stereocenters. The van der Waals surface area contributed by atoms with Crippen molar-refractivity contribution in [3.63, 3.8) is 0 Å². The predicted octanol–water partition coefficient (Wildman–Crippen LogP) is 2.69. The first-order chi connectivity index (χ1) is 9.22. The number of hydrogen-bond donors (Lipinski definition) is 0. The van der Waals surface area contributed by atoms with Crippen molar-refractivity contribution in [1.29, 1.82) is 0 Å². The molecule has 3 nitrogen and oxygen atoms in total. The maximum absolute atomic E-state index is 12.2. The summed E-state index contributed by atoms with van der Waals surface area (Å²) >= 11 is 0. The minimum Gasteiger partial charge on any atom is -0.445 e. The molecule has 92 valence electrons. The molecule has 2 aliphatic rings. The minimum atomic E-state index is -0.901. The van der Waals surface area contributed by atoms with Crippen molar-refractivity contribution in [3.8, 4) is 0 Å². The number of carbonyl (C=O) groups excluding carboxylic acids is 2. The molecular weight excluding hydrogens is 240 g/mol. The first-order valence-corrected chi connectivity index (χ1v) is 6.18. The highest BCUT2D eigenvalue weighted by Gasteiger charge is 2.53. The Labute approximate surface area is 109 Å². The van der Waals surface area contributed by atoms with E-state index in [1.165, 1.54) is 0 Å². The number of benzene rings is 2. The number of esters is 1.